The number of para-hydroxylation sites is 2. The number of rotatable bonds is 8. The Morgan fingerprint density at radius 2 is 1.81 bits per heavy atom. The average Bonchev–Trinajstić information content (AvgIpc) is 3.14. The van der Waals surface area contributed by atoms with E-state index in [0.717, 1.165) is 16.3 Å². The molecule has 0 fully saturated rings. The van der Waals surface area contributed by atoms with Gasteiger partial charge in [-0.1, -0.05) is 42.5 Å². The average molecular weight is 368 g/mol. The van der Waals surface area contributed by atoms with Gasteiger partial charge < -0.3 is 14.8 Å². The summed E-state index contributed by atoms with van der Waals surface area (Å²) in [4.78, 5) is 16.6. The normalized spacial score (nSPS) is 10.3. The molecule has 1 aromatic heterocycles. The minimum Gasteiger partial charge on any atom is -0.493 e. The molecule has 0 unspecified atom stereocenters. The van der Waals surface area contributed by atoms with Gasteiger partial charge in [0.05, 0.1) is 25.8 Å². The van der Waals surface area contributed by atoms with Gasteiger partial charge in [0, 0.05) is 10.9 Å². The lowest BCUT2D eigenvalue weighted by molar-refractivity contribution is -0.120. The maximum absolute atomic E-state index is 12.1. The standard InChI is InChI=1S/C20H20N2O3S/c1-24-17-9-5-6-10-18(17)25-12-11-21-19(23)13-16-14-26-20(22-16)15-7-3-2-4-8-15/h2-10,14H,11-13H2,1H3,(H,21,23). The summed E-state index contributed by atoms with van der Waals surface area (Å²) in [5, 5.41) is 5.70. The Kier molecular flexibility index (Phi) is 6.22. The SMILES string of the molecule is COc1ccccc1OCCNC(=O)Cc1csc(-c2ccccc2)n1. The number of ether oxygens (including phenoxy) is 2. The summed E-state index contributed by atoms with van der Waals surface area (Å²) >= 11 is 1.54. The Balaban J connectivity index is 1.44. The van der Waals surface area contributed by atoms with Gasteiger partial charge in [0.1, 0.15) is 11.6 Å². The Bertz CT molecular complexity index is 849. The molecule has 3 rings (SSSR count). The number of nitrogens with one attached hydrogen (secondary N) is 1. The Labute approximate surface area is 156 Å². The van der Waals surface area contributed by atoms with Crippen molar-refractivity contribution in [3.63, 3.8) is 0 Å². The fraction of sp³-hybridized carbons (Fsp3) is 0.200. The van der Waals surface area contributed by atoms with Gasteiger partial charge >= 0.3 is 0 Å². The van der Waals surface area contributed by atoms with Crippen LogP contribution in [-0.4, -0.2) is 31.2 Å². The molecule has 0 bridgehead atoms. The first-order chi connectivity index (χ1) is 12.8. The zero-order valence-corrected chi connectivity index (χ0v) is 15.3. The summed E-state index contributed by atoms with van der Waals surface area (Å²) in [6.07, 6.45) is 0.262. The van der Waals surface area contributed by atoms with Crippen LogP contribution in [0, 0.1) is 0 Å². The molecule has 0 aliphatic carbocycles. The molecule has 2 aromatic carbocycles. The molecule has 26 heavy (non-hydrogen) atoms. The van der Waals surface area contributed by atoms with Gasteiger partial charge in [-0.2, -0.15) is 0 Å². The van der Waals surface area contributed by atoms with Gasteiger partial charge in [-0.05, 0) is 12.1 Å². The predicted octanol–water partition coefficient (Wildman–Crippen LogP) is 3.56. The number of methoxy groups -OCH3 is 1. The first-order valence-electron chi connectivity index (χ1n) is 8.28. The maximum atomic E-state index is 12.1. The summed E-state index contributed by atoms with van der Waals surface area (Å²) in [5.74, 6) is 1.27. The van der Waals surface area contributed by atoms with Gasteiger partial charge in [-0.3, -0.25) is 4.79 Å². The van der Waals surface area contributed by atoms with Gasteiger partial charge in [0.15, 0.2) is 11.5 Å². The zero-order valence-electron chi connectivity index (χ0n) is 14.5. The van der Waals surface area contributed by atoms with Crippen LogP contribution < -0.4 is 14.8 Å². The molecule has 0 aliphatic rings. The summed E-state index contributed by atoms with van der Waals surface area (Å²) < 4.78 is 10.9. The van der Waals surface area contributed by atoms with Gasteiger partial charge in [0.2, 0.25) is 5.91 Å². The second kappa shape index (κ2) is 9.01. The molecule has 0 saturated heterocycles. The largest absolute Gasteiger partial charge is 0.493 e. The van der Waals surface area contributed by atoms with E-state index in [4.69, 9.17) is 9.47 Å². The maximum Gasteiger partial charge on any atom is 0.226 e. The van der Waals surface area contributed by atoms with Crippen molar-refractivity contribution in [3.8, 4) is 22.1 Å². The first-order valence-corrected chi connectivity index (χ1v) is 9.16. The van der Waals surface area contributed by atoms with E-state index in [1.165, 1.54) is 0 Å². The van der Waals surface area contributed by atoms with Crippen LogP contribution >= 0.6 is 11.3 Å². The van der Waals surface area contributed by atoms with Crippen LogP contribution in [0.5, 0.6) is 11.5 Å². The van der Waals surface area contributed by atoms with Crippen LogP contribution in [0.15, 0.2) is 60.0 Å². The van der Waals surface area contributed by atoms with E-state index < -0.39 is 0 Å². The molecular weight excluding hydrogens is 348 g/mol. The van der Waals surface area contributed by atoms with E-state index in [2.05, 4.69) is 10.3 Å². The van der Waals surface area contributed by atoms with E-state index in [0.29, 0.717) is 24.7 Å². The third kappa shape index (κ3) is 4.83. The highest BCUT2D eigenvalue weighted by molar-refractivity contribution is 7.13. The molecule has 3 aromatic rings. The number of benzene rings is 2. The summed E-state index contributed by atoms with van der Waals surface area (Å²) in [5.41, 5.74) is 1.84. The lowest BCUT2D eigenvalue weighted by atomic mass is 10.2. The van der Waals surface area contributed by atoms with Crippen molar-refractivity contribution in [3.05, 3.63) is 65.7 Å². The Morgan fingerprint density at radius 3 is 2.58 bits per heavy atom. The predicted molar refractivity (Wildman–Crippen MR) is 103 cm³/mol. The minimum absolute atomic E-state index is 0.0708. The number of amides is 1. The molecule has 1 amide bonds. The molecule has 0 atom stereocenters. The zero-order chi connectivity index (χ0) is 18.2. The quantitative estimate of drug-likeness (QED) is 0.618. The first kappa shape index (κ1) is 17.9. The Hall–Kier alpha value is -2.86. The number of carbonyl (C=O) groups excluding carboxylic acids is 1. The van der Waals surface area contributed by atoms with Crippen LogP contribution in [-0.2, 0) is 11.2 Å². The molecule has 0 saturated carbocycles. The van der Waals surface area contributed by atoms with Crippen molar-refractivity contribution >= 4 is 17.2 Å². The number of aromatic nitrogens is 1. The molecule has 5 nitrogen and oxygen atoms in total. The van der Waals surface area contributed by atoms with E-state index in [-0.39, 0.29) is 12.3 Å². The van der Waals surface area contributed by atoms with Crippen molar-refractivity contribution in [1.29, 1.82) is 0 Å². The minimum atomic E-state index is -0.0708. The van der Waals surface area contributed by atoms with Crippen LogP contribution in [0.25, 0.3) is 10.6 Å². The van der Waals surface area contributed by atoms with Crippen LogP contribution in [0.1, 0.15) is 5.69 Å². The van der Waals surface area contributed by atoms with Crippen LogP contribution in [0.4, 0.5) is 0 Å². The van der Waals surface area contributed by atoms with Crippen molar-refractivity contribution < 1.29 is 14.3 Å². The number of hydrogen-bond acceptors (Lipinski definition) is 5. The summed E-state index contributed by atoms with van der Waals surface area (Å²) in [7, 11) is 1.60. The molecule has 134 valence electrons. The molecule has 0 spiro atoms. The Morgan fingerprint density at radius 1 is 1.08 bits per heavy atom. The lowest BCUT2D eigenvalue weighted by Crippen LogP contribution is -2.29. The molecule has 1 N–H and O–H groups in total. The van der Waals surface area contributed by atoms with E-state index >= 15 is 0 Å². The highest BCUT2D eigenvalue weighted by Crippen LogP contribution is 2.25. The molecule has 0 radical (unpaired) electrons. The molecule has 1 heterocycles. The lowest BCUT2D eigenvalue weighted by Gasteiger charge is -2.10. The number of nitrogens with zero attached hydrogens (tertiary/aromatic N) is 1. The van der Waals surface area contributed by atoms with E-state index in [9.17, 15) is 4.79 Å². The highest BCUT2D eigenvalue weighted by Gasteiger charge is 2.09. The summed E-state index contributed by atoms with van der Waals surface area (Å²) in [6.45, 7) is 0.797. The monoisotopic (exact) mass is 368 g/mol. The second-order valence-electron chi connectivity index (χ2n) is 5.54. The smallest absolute Gasteiger partial charge is 0.226 e. The number of hydrogen-bond donors (Lipinski definition) is 1. The fourth-order valence-electron chi connectivity index (χ4n) is 2.42. The van der Waals surface area contributed by atoms with Crippen LogP contribution in [0.3, 0.4) is 0 Å². The van der Waals surface area contributed by atoms with Gasteiger partial charge in [-0.15, -0.1) is 11.3 Å². The third-order valence-corrected chi connectivity index (χ3v) is 4.61. The highest BCUT2D eigenvalue weighted by atomic mass is 32.1. The van der Waals surface area contributed by atoms with Crippen molar-refractivity contribution in [2.45, 2.75) is 6.42 Å². The van der Waals surface area contributed by atoms with E-state index in [1.807, 2.05) is 60.0 Å². The van der Waals surface area contributed by atoms with E-state index in [1.54, 1.807) is 18.4 Å². The summed E-state index contributed by atoms with van der Waals surface area (Å²) in [6, 6.07) is 17.4. The fourth-order valence-corrected chi connectivity index (χ4v) is 3.24. The number of thiazole rings is 1. The van der Waals surface area contributed by atoms with Crippen molar-refractivity contribution in [2.75, 3.05) is 20.3 Å². The molecular formula is C20H20N2O3S. The third-order valence-electron chi connectivity index (χ3n) is 3.67. The van der Waals surface area contributed by atoms with Crippen molar-refractivity contribution in [1.82, 2.24) is 10.3 Å². The molecule has 6 heteroatoms. The number of carbonyl (C=O) groups is 1. The topological polar surface area (TPSA) is 60.5 Å². The van der Waals surface area contributed by atoms with Gasteiger partial charge in [-0.25, -0.2) is 4.98 Å². The molecule has 0 aliphatic heterocycles. The second-order valence-corrected chi connectivity index (χ2v) is 6.39. The van der Waals surface area contributed by atoms with Crippen LogP contribution in [0.2, 0.25) is 0 Å². The van der Waals surface area contributed by atoms with Crippen molar-refractivity contribution in [2.24, 2.45) is 0 Å². The van der Waals surface area contributed by atoms with Gasteiger partial charge in [0.25, 0.3) is 0 Å².